The van der Waals surface area contributed by atoms with Gasteiger partial charge in [0, 0.05) is 35.3 Å². The number of hydrogen-bond acceptors (Lipinski definition) is 7. The van der Waals surface area contributed by atoms with Gasteiger partial charge in [-0.2, -0.15) is 23.3 Å². The number of aromatic nitrogens is 4. The van der Waals surface area contributed by atoms with Crippen LogP contribution in [0.15, 0.2) is 36.4 Å². The highest BCUT2D eigenvalue weighted by Crippen LogP contribution is 2.39. The molecule has 1 amide bonds. The molecule has 0 saturated heterocycles. The summed E-state index contributed by atoms with van der Waals surface area (Å²) in [6, 6.07) is 7.88. The summed E-state index contributed by atoms with van der Waals surface area (Å²) in [6.07, 6.45) is 0.147. The lowest BCUT2D eigenvalue weighted by atomic mass is 9.81. The summed E-state index contributed by atoms with van der Waals surface area (Å²) in [5, 5.41) is 26.0. The number of hydrogen-bond donors (Lipinski definition) is 5. The molecule has 13 heteroatoms. The highest BCUT2D eigenvalue weighted by Gasteiger charge is 2.33. The van der Waals surface area contributed by atoms with Crippen LogP contribution in [0.3, 0.4) is 0 Å². The minimum Gasteiger partial charge on any atom is -0.477 e. The number of anilines is 3. The molecular weight excluding hydrogens is 527 g/mol. The Balaban J connectivity index is 1.18. The number of carbonyl (C=O) groups excluding carboxylic acids is 1. The molecule has 0 atom stereocenters. The van der Waals surface area contributed by atoms with Gasteiger partial charge in [-0.05, 0) is 57.1 Å². The quantitative estimate of drug-likeness (QED) is 0.247. The van der Waals surface area contributed by atoms with Crippen molar-refractivity contribution in [2.24, 2.45) is 0 Å². The third-order valence-corrected chi connectivity index (χ3v) is 7.30. The van der Waals surface area contributed by atoms with E-state index in [1.54, 1.807) is 0 Å². The number of H-pyrrole nitrogens is 1. The van der Waals surface area contributed by atoms with Crippen LogP contribution >= 0.6 is 0 Å². The fourth-order valence-corrected chi connectivity index (χ4v) is 4.93. The zero-order valence-electron chi connectivity index (χ0n) is 21.8. The monoisotopic (exact) mass is 557 g/mol. The van der Waals surface area contributed by atoms with Crippen molar-refractivity contribution in [3.8, 4) is 0 Å². The topological polar surface area (TPSA) is 145 Å². The third-order valence-electron chi connectivity index (χ3n) is 7.30. The van der Waals surface area contributed by atoms with Crippen molar-refractivity contribution in [2.45, 2.75) is 75.5 Å². The molecule has 2 heterocycles. The van der Waals surface area contributed by atoms with Crippen LogP contribution in [-0.4, -0.2) is 48.7 Å². The van der Waals surface area contributed by atoms with Gasteiger partial charge in [0.25, 0.3) is 0 Å². The van der Waals surface area contributed by atoms with Crippen molar-refractivity contribution in [1.29, 1.82) is 0 Å². The van der Waals surface area contributed by atoms with E-state index in [2.05, 4.69) is 36.1 Å². The molecule has 0 aliphatic heterocycles. The number of carboxylic acids is 1. The molecular formula is C27H30F3N7O3. The zero-order valence-corrected chi connectivity index (χ0v) is 21.8. The summed E-state index contributed by atoms with van der Waals surface area (Å²) in [6.45, 7) is 1.98. The molecule has 2 aliphatic carbocycles. The predicted molar refractivity (Wildman–Crippen MR) is 140 cm³/mol. The van der Waals surface area contributed by atoms with E-state index in [0.29, 0.717) is 48.8 Å². The summed E-state index contributed by atoms with van der Waals surface area (Å²) in [7, 11) is 0. The molecule has 2 saturated carbocycles. The van der Waals surface area contributed by atoms with Gasteiger partial charge in [-0.15, -0.1) is 0 Å². The van der Waals surface area contributed by atoms with Gasteiger partial charge in [-0.1, -0.05) is 18.2 Å². The largest absolute Gasteiger partial charge is 0.477 e. The molecule has 212 valence electrons. The second-order valence-corrected chi connectivity index (χ2v) is 10.8. The number of carbonyl (C=O) groups is 2. The van der Waals surface area contributed by atoms with Crippen molar-refractivity contribution in [3.63, 3.8) is 0 Å². The van der Waals surface area contributed by atoms with Gasteiger partial charge < -0.3 is 21.1 Å². The van der Waals surface area contributed by atoms with Crippen molar-refractivity contribution in [2.75, 3.05) is 10.6 Å². The minimum absolute atomic E-state index is 0.128. The summed E-state index contributed by atoms with van der Waals surface area (Å²) in [5.41, 5.74) is -0.0794. The lowest BCUT2D eigenvalue weighted by Crippen LogP contribution is -2.46. The molecule has 5 rings (SSSR count). The van der Waals surface area contributed by atoms with E-state index in [-0.39, 0.29) is 30.0 Å². The average molecular weight is 558 g/mol. The molecule has 1 aromatic carbocycles. The number of carboxylic acid groups (broad SMARTS) is 1. The first kappa shape index (κ1) is 27.4. The number of nitrogens with one attached hydrogen (secondary N) is 4. The molecule has 0 spiro atoms. The summed E-state index contributed by atoms with van der Waals surface area (Å²) in [4.78, 5) is 32.9. The fraction of sp³-hybridized carbons (Fsp3) is 0.444. The van der Waals surface area contributed by atoms with Gasteiger partial charge in [0.2, 0.25) is 11.9 Å². The lowest BCUT2D eigenvalue weighted by molar-refractivity contribution is -0.137. The molecule has 2 aromatic heterocycles. The number of alkyl halides is 3. The van der Waals surface area contributed by atoms with Gasteiger partial charge in [-0.3, -0.25) is 9.89 Å². The average Bonchev–Trinajstić information content (AvgIpc) is 3.63. The SMILES string of the molecule is CC1(Nc2nc(Nc3cc(C4CC4)[nH]n3)cc(C(=O)O)n2)CCC(NC(=O)Cc2cccc(C(F)(F)F)c2)CC1. The number of benzene rings is 1. The van der Waals surface area contributed by atoms with Crippen LogP contribution in [-0.2, 0) is 17.4 Å². The van der Waals surface area contributed by atoms with Gasteiger partial charge in [0.05, 0.1) is 12.0 Å². The molecule has 3 aromatic rings. The van der Waals surface area contributed by atoms with Crippen LogP contribution in [0.5, 0.6) is 0 Å². The van der Waals surface area contributed by atoms with E-state index in [1.807, 2.05) is 13.0 Å². The lowest BCUT2D eigenvalue weighted by Gasteiger charge is -2.38. The van der Waals surface area contributed by atoms with Gasteiger partial charge in [-0.25, -0.2) is 9.78 Å². The highest BCUT2D eigenvalue weighted by molar-refractivity contribution is 5.87. The number of aromatic amines is 1. The maximum absolute atomic E-state index is 13.0. The summed E-state index contributed by atoms with van der Waals surface area (Å²) < 4.78 is 38.9. The second-order valence-electron chi connectivity index (χ2n) is 10.8. The van der Waals surface area contributed by atoms with E-state index in [0.717, 1.165) is 30.7 Å². The maximum Gasteiger partial charge on any atom is 0.416 e. The molecule has 10 nitrogen and oxygen atoms in total. The van der Waals surface area contributed by atoms with Crippen molar-refractivity contribution in [1.82, 2.24) is 25.5 Å². The van der Waals surface area contributed by atoms with E-state index < -0.39 is 23.2 Å². The van der Waals surface area contributed by atoms with E-state index in [9.17, 15) is 27.9 Å². The van der Waals surface area contributed by atoms with Gasteiger partial charge in [0.15, 0.2) is 11.5 Å². The molecule has 5 N–H and O–H groups in total. The maximum atomic E-state index is 13.0. The van der Waals surface area contributed by atoms with Crippen LogP contribution in [0.4, 0.5) is 30.8 Å². The zero-order chi connectivity index (χ0) is 28.5. The number of rotatable bonds is 9. The summed E-state index contributed by atoms with van der Waals surface area (Å²) >= 11 is 0. The Morgan fingerprint density at radius 3 is 2.50 bits per heavy atom. The van der Waals surface area contributed by atoms with Gasteiger partial charge >= 0.3 is 12.1 Å². The van der Waals surface area contributed by atoms with E-state index in [1.165, 1.54) is 18.2 Å². The molecule has 40 heavy (non-hydrogen) atoms. The Kier molecular flexibility index (Phi) is 7.39. The number of halogens is 3. The van der Waals surface area contributed by atoms with Crippen molar-refractivity contribution < 1.29 is 27.9 Å². The third kappa shape index (κ3) is 6.88. The van der Waals surface area contributed by atoms with Crippen molar-refractivity contribution in [3.05, 3.63) is 58.9 Å². The smallest absolute Gasteiger partial charge is 0.416 e. The number of nitrogens with zero attached hydrogens (tertiary/aromatic N) is 3. The highest BCUT2D eigenvalue weighted by atomic mass is 19.4. The minimum atomic E-state index is -4.46. The number of aromatic carboxylic acids is 1. The molecule has 2 fully saturated rings. The van der Waals surface area contributed by atoms with Crippen LogP contribution < -0.4 is 16.0 Å². The first-order valence-electron chi connectivity index (χ1n) is 13.1. The first-order chi connectivity index (χ1) is 19.0. The van der Waals surface area contributed by atoms with Gasteiger partial charge in [0.1, 0.15) is 5.82 Å². The van der Waals surface area contributed by atoms with Crippen LogP contribution in [0.2, 0.25) is 0 Å². The number of amides is 1. The van der Waals surface area contributed by atoms with Crippen molar-refractivity contribution >= 4 is 29.5 Å². The molecule has 0 radical (unpaired) electrons. The molecule has 0 unspecified atom stereocenters. The first-order valence-corrected chi connectivity index (χ1v) is 13.1. The van der Waals surface area contributed by atoms with Crippen LogP contribution in [0, 0.1) is 0 Å². The molecule has 0 bridgehead atoms. The predicted octanol–water partition coefficient (Wildman–Crippen LogP) is 5.01. The standard InChI is InChI=1S/C27H30F3N7O3/c1-26(9-7-18(8-10-26)31-23(38)12-15-3-2-4-17(11-15)27(28,29)30)35-25-32-20(24(39)40)14-21(34-25)33-22-13-19(36-37-22)16-5-6-16/h2-4,11,13-14,16,18H,5-10,12H2,1H3,(H,31,38)(H,39,40)(H3,32,33,34,35,36,37). The van der Waals surface area contributed by atoms with E-state index >= 15 is 0 Å². The Bertz CT molecular complexity index is 1400. The Hall–Kier alpha value is -4.16. The fourth-order valence-electron chi connectivity index (χ4n) is 4.93. The van der Waals surface area contributed by atoms with Crippen LogP contribution in [0.1, 0.15) is 78.7 Å². The second kappa shape index (κ2) is 10.8. The normalized spacial score (nSPS) is 21.1. The summed E-state index contributed by atoms with van der Waals surface area (Å²) in [5.74, 6) is -0.0437. The van der Waals surface area contributed by atoms with Crippen LogP contribution in [0.25, 0.3) is 0 Å². The Morgan fingerprint density at radius 1 is 1.07 bits per heavy atom. The molecule has 2 aliphatic rings. The van der Waals surface area contributed by atoms with E-state index in [4.69, 9.17) is 0 Å². The Labute approximate surface area is 228 Å². The Morgan fingerprint density at radius 2 is 1.82 bits per heavy atom.